The number of hydrogen-bond donors (Lipinski definition) is 3. The van der Waals surface area contributed by atoms with Gasteiger partial charge in [-0.3, -0.25) is 9.79 Å². The molecule has 0 unspecified atom stereocenters. The number of amides is 1. The zero-order valence-corrected chi connectivity index (χ0v) is 17.8. The summed E-state index contributed by atoms with van der Waals surface area (Å²) in [5.74, 6) is 0.606. The highest BCUT2D eigenvalue weighted by molar-refractivity contribution is 14.0. The van der Waals surface area contributed by atoms with E-state index in [-0.39, 0.29) is 35.8 Å². The predicted molar refractivity (Wildman–Crippen MR) is 117 cm³/mol. The molecule has 0 aliphatic rings. The molecule has 140 valence electrons. The number of nitrogens with zero attached hydrogens (tertiary/aromatic N) is 1. The minimum atomic E-state index is -0.194. The molecule has 0 radical (unpaired) electrons. The smallest absolute Gasteiger partial charge is 0.251 e. The van der Waals surface area contributed by atoms with Gasteiger partial charge in [0.25, 0.3) is 5.91 Å². The van der Waals surface area contributed by atoms with E-state index in [0.29, 0.717) is 40.1 Å². The van der Waals surface area contributed by atoms with Gasteiger partial charge in [-0.15, -0.1) is 24.0 Å². The number of hydrogen-bond acceptors (Lipinski definition) is 3. The van der Waals surface area contributed by atoms with Gasteiger partial charge in [0.15, 0.2) is 5.96 Å². The van der Waals surface area contributed by atoms with Gasteiger partial charge < -0.3 is 21.1 Å². The number of aliphatic imine (C=N–C) groups is 1. The van der Waals surface area contributed by atoms with Crippen LogP contribution in [0.3, 0.4) is 0 Å². The van der Waals surface area contributed by atoms with Crippen LogP contribution in [0.4, 0.5) is 5.69 Å². The summed E-state index contributed by atoms with van der Waals surface area (Å²) < 4.78 is 5.08. The van der Waals surface area contributed by atoms with Crippen molar-refractivity contribution >= 4 is 64.7 Å². The number of carbonyl (C=O) groups excluding carboxylic acids is 1. The summed E-state index contributed by atoms with van der Waals surface area (Å²) in [4.78, 5) is 16.1. The summed E-state index contributed by atoms with van der Waals surface area (Å²) in [6, 6.07) is 11.8. The lowest BCUT2D eigenvalue weighted by Crippen LogP contribution is -2.28. The summed E-state index contributed by atoms with van der Waals surface area (Å²) in [7, 11) is 1.54. The van der Waals surface area contributed by atoms with E-state index >= 15 is 0 Å². The van der Waals surface area contributed by atoms with Gasteiger partial charge in [0.05, 0.1) is 18.7 Å². The summed E-state index contributed by atoms with van der Waals surface area (Å²) in [6.45, 7) is 0.690. The van der Waals surface area contributed by atoms with Crippen LogP contribution in [0.25, 0.3) is 0 Å². The molecule has 26 heavy (non-hydrogen) atoms. The first-order valence-corrected chi connectivity index (χ1v) is 8.19. The fourth-order valence-corrected chi connectivity index (χ4v) is 2.36. The largest absolute Gasteiger partial charge is 0.495 e. The van der Waals surface area contributed by atoms with Crippen LogP contribution in [0, 0.1) is 0 Å². The third-order valence-electron chi connectivity index (χ3n) is 3.21. The van der Waals surface area contributed by atoms with Gasteiger partial charge in [-0.1, -0.05) is 23.2 Å². The molecule has 0 saturated carbocycles. The Morgan fingerprint density at radius 3 is 2.50 bits per heavy atom. The molecular weight excluding hydrogens is 490 g/mol. The van der Waals surface area contributed by atoms with Crippen molar-refractivity contribution in [1.29, 1.82) is 0 Å². The molecule has 9 heteroatoms. The normalized spacial score (nSPS) is 10.7. The molecule has 0 aromatic heterocycles. The van der Waals surface area contributed by atoms with Crippen molar-refractivity contribution in [2.75, 3.05) is 25.5 Å². The van der Waals surface area contributed by atoms with Crippen molar-refractivity contribution in [3.8, 4) is 5.75 Å². The summed E-state index contributed by atoms with van der Waals surface area (Å²) >= 11 is 11.8. The van der Waals surface area contributed by atoms with Crippen molar-refractivity contribution in [2.45, 2.75) is 0 Å². The lowest BCUT2D eigenvalue weighted by Gasteiger charge is -2.08. The van der Waals surface area contributed by atoms with Gasteiger partial charge in [-0.2, -0.15) is 0 Å². The second-order valence-electron chi connectivity index (χ2n) is 5.00. The minimum Gasteiger partial charge on any atom is -0.495 e. The highest BCUT2D eigenvalue weighted by atomic mass is 127. The van der Waals surface area contributed by atoms with Crippen LogP contribution in [0.15, 0.2) is 47.5 Å². The number of guanidine groups is 1. The number of methoxy groups -OCH3 is 1. The third-order valence-corrected chi connectivity index (χ3v) is 3.76. The first-order valence-electron chi connectivity index (χ1n) is 7.44. The predicted octanol–water partition coefficient (Wildman–Crippen LogP) is 3.78. The quantitative estimate of drug-likeness (QED) is 0.240. The van der Waals surface area contributed by atoms with Crippen molar-refractivity contribution in [3.05, 3.63) is 58.1 Å². The minimum absolute atomic E-state index is 0. The molecule has 0 heterocycles. The maximum absolute atomic E-state index is 11.9. The van der Waals surface area contributed by atoms with E-state index in [4.69, 9.17) is 33.7 Å². The lowest BCUT2D eigenvalue weighted by atomic mass is 10.2. The molecule has 0 spiro atoms. The zero-order chi connectivity index (χ0) is 18.2. The Morgan fingerprint density at radius 2 is 1.88 bits per heavy atom. The molecule has 4 N–H and O–H groups in total. The van der Waals surface area contributed by atoms with Crippen LogP contribution in [-0.4, -0.2) is 32.1 Å². The molecule has 0 bridgehead atoms. The molecule has 0 aliphatic heterocycles. The first-order chi connectivity index (χ1) is 12.0. The Hall–Kier alpha value is -1.71. The van der Waals surface area contributed by atoms with Crippen LogP contribution in [0.1, 0.15) is 10.4 Å². The Kier molecular flexibility index (Phi) is 9.53. The summed E-state index contributed by atoms with van der Waals surface area (Å²) in [6.07, 6.45) is 0. The number of nitrogens with two attached hydrogens (primary N) is 1. The standard InChI is InChI=1S/C17H18Cl2N4O2.HI/c1-25-15-7-6-13(10-14(15)19)23-17(20)22-9-8-21-16(24)11-2-4-12(18)5-3-11;/h2-7,10H,8-9H2,1H3,(H,21,24)(H3,20,22,23);1H. The van der Waals surface area contributed by atoms with E-state index in [9.17, 15) is 4.79 Å². The SMILES string of the molecule is COc1ccc(NC(N)=NCCNC(=O)c2ccc(Cl)cc2)cc1Cl.I. The molecular formula is C17H19Cl2IN4O2. The van der Waals surface area contributed by atoms with Crippen molar-refractivity contribution in [2.24, 2.45) is 10.7 Å². The molecule has 2 rings (SSSR count). The Labute approximate surface area is 179 Å². The summed E-state index contributed by atoms with van der Waals surface area (Å²) in [5, 5.41) is 6.72. The molecule has 0 saturated heterocycles. The van der Waals surface area contributed by atoms with Gasteiger partial charge in [0, 0.05) is 22.8 Å². The lowest BCUT2D eigenvalue weighted by molar-refractivity contribution is 0.0955. The highest BCUT2D eigenvalue weighted by Gasteiger charge is 2.04. The van der Waals surface area contributed by atoms with Gasteiger partial charge in [-0.25, -0.2) is 0 Å². The molecule has 1 amide bonds. The Balaban J connectivity index is 0.00000338. The Morgan fingerprint density at radius 1 is 1.19 bits per heavy atom. The van der Waals surface area contributed by atoms with E-state index < -0.39 is 0 Å². The monoisotopic (exact) mass is 508 g/mol. The number of halogens is 3. The van der Waals surface area contributed by atoms with E-state index in [1.165, 1.54) is 0 Å². The van der Waals surface area contributed by atoms with Gasteiger partial charge in [0.1, 0.15) is 5.75 Å². The number of carbonyl (C=O) groups is 1. The second kappa shape index (κ2) is 11.1. The number of anilines is 1. The number of ether oxygens (including phenoxy) is 1. The van der Waals surface area contributed by atoms with Crippen molar-refractivity contribution < 1.29 is 9.53 Å². The van der Waals surface area contributed by atoms with Crippen LogP contribution in [-0.2, 0) is 0 Å². The second-order valence-corrected chi connectivity index (χ2v) is 5.85. The first kappa shape index (κ1) is 22.3. The molecule has 2 aromatic carbocycles. The fourth-order valence-electron chi connectivity index (χ4n) is 1.98. The zero-order valence-electron chi connectivity index (χ0n) is 14.0. The van der Waals surface area contributed by atoms with Gasteiger partial charge >= 0.3 is 0 Å². The average molecular weight is 509 g/mol. The van der Waals surface area contributed by atoms with Crippen LogP contribution in [0.2, 0.25) is 10.0 Å². The van der Waals surface area contributed by atoms with E-state index in [0.717, 1.165) is 0 Å². The van der Waals surface area contributed by atoms with E-state index in [1.54, 1.807) is 49.6 Å². The van der Waals surface area contributed by atoms with Crippen LogP contribution >= 0.6 is 47.2 Å². The fraction of sp³-hybridized carbons (Fsp3) is 0.176. The number of benzene rings is 2. The maximum atomic E-state index is 11.9. The van der Waals surface area contributed by atoms with Crippen LogP contribution in [0.5, 0.6) is 5.75 Å². The number of rotatable bonds is 6. The topological polar surface area (TPSA) is 88.7 Å². The molecule has 6 nitrogen and oxygen atoms in total. The molecule has 2 aromatic rings. The molecule has 0 atom stereocenters. The molecule has 0 aliphatic carbocycles. The number of nitrogens with one attached hydrogen (secondary N) is 2. The third kappa shape index (κ3) is 6.89. The molecule has 0 fully saturated rings. The van der Waals surface area contributed by atoms with Crippen molar-refractivity contribution in [3.63, 3.8) is 0 Å². The van der Waals surface area contributed by atoms with Gasteiger partial charge in [-0.05, 0) is 42.5 Å². The maximum Gasteiger partial charge on any atom is 0.251 e. The van der Waals surface area contributed by atoms with Crippen LogP contribution < -0.4 is 21.1 Å². The Bertz CT molecular complexity index is 770. The highest BCUT2D eigenvalue weighted by Crippen LogP contribution is 2.26. The van der Waals surface area contributed by atoms with E-state index in [2.05, 4.69) is 15.6 Å². The van der Waals surface area contributed by atoms with Crippen molar-refractivity contribution in [1.82, 2.24) is 5.32 Å². The van der Waals surface area contributed by atoms with E-state index in [1.807, 2.05) is 0 Å². The van der Waals surface area contributed by atoms with Gasteiger partial charge in [0.2, 0.25) is 0 Å². The average Bonchev–Trinajstić information content (AvgIpc) is 2.59. The summed E-state index contributed by atoms with van der Waals surface area (Å²) in [5.41, 5.74) is 7.03.